The Labute approximate surface area is 164 Å². The molecule has 0 fully saturated rings. The van der Waals surface area contributed by atoms with E-state index in [9.17, 15) is 14.7 Å². The maximum atomic E-state index is 13.2. The molecular formula is C20H15Cl2NO4. The van der Waals surface area contributed by atoms with E-state index >= 15 is 0 Å². The number of amides is 1. The smallest absolute Gasteiger partial charge is 0.290 e. The molecule has 1 amide bonds. The molecule has 1 aromatic heterocycles. The summed E-state index contributed by atoms with van der Waals surface area (Å²) >= 11 is 12.2. The lowest BCUT2D eigenvalue weighted by Gasteiger charge is -2.25. The number of carbonyl (C=O) groups excluding carboxylic acids is 1. The number of hydrogen-bond donors (Lipinski definition) is 1. The minimum absolute atomic E-state index is 0.0257. The third-order valence-corrected chi connectivity index (χ3v) is 5.12. The second-order valence-electron chi connectivity index (χ2n) is 6.35. The minimum Gasteiger partial charge on any atom is -0.450 e. The highest BCUT2D eigenvalue weighted by molar-refractivity contribution is 6.31. The Morgan fingerprint density at radius 3 is 2.59 bits per heavy atom. The highest BCUT2D eigenvalue weighted by atomic mass is 35.5. The van der Waals surface area contributed by atoms with Crippen LogP contribution in [0.15, 0.2) is 51.7 Å². The molecule has 1 unspecified atom stereocenters. The molecule has 1 N–H and O–H groups in total. The number of halogens is 2. The van der Waals surface area contributed by atoms with Crippen LogP contribution in [0.25, 0.3) is 11.0 Å². The number of rotatable bonds is 4. The van der Waals surface area contributed by atoms with Crippen molar-refractivity contribution in [2.45, 2.75) is 12.5 Å². The lowest BCUT2D eigenvalue weighted by molar-refractivity contribution is 0.0716. The third-order valence-electron chi connectivity index (χ3n) is 4.65. The zero-order chi connectivity index (χ0) is 19.1. The number of aliphatic hydroxyl groups is 1. The Morgan fingerprint density at radius 1 is 1.07 bits per heavy atom. The Hall–Kier alpha value is -2.34. The molecule has 2 heterocycles. The largest absolute Gasteiger partial charge is 0.450 e. The van der Waals surface area contributed by atoms with Gasteiger partial charge in [0.2, 0.25) is 5.76 Å². The molecule has 1 aliphatic heterocycles. The van der Waals surface area contributed by atoms with Crippen LogP contribution < -0.4 is 5.43 Å². The van der Waals surface area contributed by atoms with Gasteiger partial charge in [0, 0.05) is 23.2 Å². The van der Waals surface area contributed by atoms with Gasteiger partial charge in [0.1, 0.15) is 5.58 Å². The average Bonchev–Trinajstić information content (AvgIpc) is 2.93. The number of hydrogen-bond acceptors (Lipinski definition) is 4. The van der Waals surface area contributed by atoms with Gasteiger partial charge in [0.15, 0.2) is 5.43 Å². The van der Waals surface area contributed by atoms with Crippen LogP contribution in [0.3, 0.4) is 0 Å². The predicted octanol–water partition coefficient (Wildman–Crippen LogP) is 4.03. The number of nitrogens with zero attached hydrogens (tertiary/aromatic N) is 1. The number of aliphatic hydroxyl groups excluding tert-OH is 1. The van der Waals surface area contributed by atoms with Crippen molar-refractivity contribution in [3.05, 3.63) is 79.6 Å². The molecule has 2 aromatic carbocycles. The molecule has 27 heavy (non-hydrogen) atoms. The van der Waals surface area contributed by atoms with Gasteiger partial charge in [0.05, 0.1) is 17.0 Å². The van der Waals surface area contributed by atoms with Crippen molar-refractivity contribution >= 4 is 40.1 Å². The Kier molecular flexibility index (Phi) is 4.68. The van der Waals surface area contributed by atoms with Crippen molar-refractivity contribution in [1.82, 2.24) is 4.90 Å². The highest BCUT2D eigenvalue weighted by Gasteiger charge is 2.42. The fourth-order valence-electron chi connectivity index (χ4n) is 3.49. The fourth-order valence-corrected chi connectivity index (χ4v) is 3.86. The molecule has 1 atom stereocenters. The fraction of sp³-hybridized carbons (Fsp3) is 0.200. The first kappa shape index (κ1) is 18.0. The molecule has 138 valence electrons. The maximum absolute atomic E-state index is 13.2. The summed E-state index contributed by atoms with van der Waals surface area (Å²) in [6.45, 7) is 0.217. The lowest BCUT2D eigenvalue weighted by atomic mass is 9.98. The van der Waals surface area contributed by atoms with Gasteiger partial charge in [-0.1, -0.05) is 35.3 Å². The predicted molar refractivity (Wildman–Crippen MR) is 104 cm³/mol. The second kappa shape index (κ2) is 7.00. The molecule has 0 spiro atoms. The van der Waals surface area contributed by atoms with E-state index in [-0.39, 0.29) is 35.8 Å². The first-order valence-corrected chi connectivity index (χ1v) is 9.20. The first-order chi connectivity index (χ1) is 13.0. The molecule has 3 aromatic rings. The Bertz CT molecular complexity index is 1110. The number of carbonyl (C=O) groups is 1. The van der Waals surface area contributed by atoms with Crippen LogP contribution in [-0.2, 0) is 0 Å². The maximum Gasteiger partial charge on any atom is 0.290 e. The van der Waals surface area contributed by atoms with Gasteiger partial charge in [-0.3, -0.25) is 9.59 Å². The van der Waals surface area contributed by atoms with Crippen molar-refractivity contribution in [3.63, 3.8) is 0 Å². The van der Waals surface area contributed by atoms with Crippen LogP contribution in [-0.4, -0.2) is 29.1 Å². The monoisotopic (exact) mass is 403 g/mol. The summed E-state index contributed by atoms with van der Waals surface area (Å²) in [5.74, 6) is -0.352. The summed E-state index contributed by atoms with van der Waals surface area (Å²) in [5, 5.41) is 10.5. The SMILES string of the molecule is O=C1c2oc3ccc(Cl)cc3c(=O)c2C(c2cccc(Cl)c2)N1CCCO. The lowest BCUT2D eigenvalue weighted by Crippen LogP contribution is -2.31. The van der Waals surface area contributed by atoms with Crippen molar-refractivity contribution in [3.8, 4) is 0 Å². The normalized spacial score (nSPS) is 16.2. The Morgan fingerprint density at radius 2 is 1.85 bits per heavy atom. The van der Waals surface area contributed by atoms with Gasteiger partial charge in [0.25, 0.3) is 5.91 Å². The zero-order valence-electron chi connectivity index (χ0n) is 14.1. The van der Waals surface area contributed by atoms with Crippen molar-refractivity contribution < 1.29 is 14.3 Å². The molecule has 7 heteroatoms. The van der Waals surface area contributed by atoms with Crippen LogP contribution in [0.4, 0.5) is 0 Å². The quantitative estimate of drug-likeness (QED) is 0.713. The van der Waals surface area contributed by atoms with Crippen molar-refractivity contribution in [2.75, 3.05) is 13.2 Å². The van der Waals surface area contributed by atoms with Crippen LogP contribution in [0, 0.1) is 0 Å². The van der Waals surface area contributed by atoms with Gasteiger partial charge in [-0.25, -0.2) is 0 Å². The molecule has 0 radical (unpaired) electrons. The summed E-state index contributed by atoms with van der Waals surface area (Å²) < 4.78 is 5.80. The standard InChI is InChI=1S/C20H15Cl2NO4/c21-12-4-1-3-11(9-12)17-16-18(25)14-10-13(22)5-6-15(14)27-19(16)20(26)23(17)7-2-8-24/h1,3-6,9-10,17,24H,2,7-8H2. The van der Waals surface area contributed by atoms with Gasteiger partial charge in [-0.15, -0.1) is 0 Å². The van der Waals surface area contributed by atoms with E-state index in [0.717, 1.165) is 0 Å². The van der Waals surface area contributed by atoms with Crippen LogP contribution in [0.5, 0.6) is 0 Å². The van der Waals surface area contributed by atoms with Crippen LogP contribution in [0.1, 0.15) is 34.1 Å². The first-order valence-electron chi connectivity index (χ1n) is 8.45. The van der Waals surface area contributed by atoms with E-state index in [1.807, 2.05) is 6.07 Å². The Balaban J connectivity index is 1.99. The van der Waals surface area contributed by atoms with Gasteiger partial charge in [-0.05, 0) is 42.3 Å². The molecular weight excluding hydrogens is 389 g/mol. The van der Waals surface area contributed by atoms with Crippen LogP contribution >= 0.6 is 23.2 Å². The van der Waals surface area contributed by atoms with E-state index in [2.05, 4.69) is 0 Å². The molecule has 0 bridgehead atoms. The molecule has 0 saturated carbocycles. The topological polar surface area (TPSA) is 70.8 Å². The van der Waals surface area contributed by atoms with Gasteiger partial charge < -0.3 is 14.4 Å². The summed E-state index contributed by atoms with van der Waals surface area (Å²) in [6.07, 6.45) is 0.385. The van der Waals surface area contributed by atoms with Crippen LogP contribution in [0.2, 0.25) is 10.0 Å². The molecule has 0 aliphatic carbocycles. The average molecular weight is 404 g/mol. The zero-order valence-corrected chi connectivity index (χ0v) is 15.6. The number of fused-ring (bicyclic) bond motifs is 2. The molecule has 1 aliphatic rings. The van der Waals surface area contributed by atoms with E-state index in [4.69, 9.17) is 27.6 Å². The van der Waals surface area contributed by atoms with Crippen molar-refractivity contribution in [1.29, 1.82) is 0 Å². The van der Waals surface area contributed by atoms with Crippen molar-refractivity contribution in [2.24, 2.45) is 0 Å². The summed E-state index contributed by atoms with van der Waals surface area (Å²) in [5.41, 5.74) is 1.00. The minimum atomic E-state index is -0.627. The summed E-state index contributed by atoms with van der Waals surface area (Å²) in [7, 11) is 0. The molecule has 0 saturated heterocycles. The van der Waals surface area contributed by atoms with Gasteiger partial charge in [-0.2, -0.15) is 0 Å². The van der Waals surface area contributed by atoms with E-state index in [0.29, 0.717) is 33.0 Å². The van der Waals surface area contributed by atoms with E-state index in [1.165, 1.54) is 4.90 Å². The third kappa shape index (κ3) is 3.02. The second-order valence-corrected chi connectivity index (χ2v) is 7.22. The van der Waals surface area contributed by atoms with E-state index in [1.54, 1.807) is 36.4 Å². The van der Waals surface area contributed by atoms with E-state index < -0.39 is 6.04 Å². The molecule has 4 rings (SSSR count). The summed E-state index contributed by atoms with van der Waals surface area (Å²) in [4.78, 5) is 27.8. The molecule has 5 nitrogen and oxygen atoms in total. The van der Waals surface area contributed by atoms with Gasteiger partial charge >= 0.3 is 0 Å². The highest BCUT2D eigenvalue weighted by Crippen LogP contribution is 2.39. The number of benzene rings is 2. The summed E-state index contributed by atoms with van der Waals surface area (Å²) in [6, 6.07) is 11.1.